The van der Waals surface area contributed by atoms with Crippen molar-refractivity contribution in [1.82, 2.24) is 5.43 Å². The van der Waals surface area contributed by atoms with Crippen molar-refractivity contribution in [3.8, 4) is 5.75 Å². The van der Waals surface area contributed by atoms with Gasteiger partial charge in [-0.1, -0.05) is 24.3 Å². The number of carbonyl (C=O) groups excluding carboxylic acids is 1. The Balaban J connectivity index is 1.73. The first-order valence-electron chi connectivity index (χ1n) is 10.1. The van der Waals surface area contributed by atoms with Crippen LogP contribution in [0.1, 0.15) is 45.7 Å². The number of nitrogens with zero attached hydrogens (tertiary/aromatic N) is 2. The number of methoxy groups -OCH3 is 1. The minimum atomic E-state index is -0.433. The summed E-state index contributed by atoms with van der Waals surface area (Å²) >= 11 is 0. The van der Waals surface area contributed by atoms with E-state index in [-0.39, 0.29) is 5.54 Å². The fourth-order valence-corrected chi connectivity index (χ4v) is 4.15. The summed E-state index contributed by atoms with van der Waals surface area (Å²) in [5.41, 5.74) is 7.60. The van der Waals surface area contributed by atoms with Crippen LogP contribution in [0.5, 0.6) is 5.75 Å². The molecule has 1 heterocycles. The van der Waals surface area contributed by atoms with E-state index < -0.39 is 6.03 Å². The van der Waals surface area contributed by atoms with Crippen molar-refractivity contribution < 1.29 is 9.53 Å². The number of para-hydroxylation sites is 2. The average Bonchev–Trinajstić information content (AvgIpc) is 2.67. The molecule has 2 amide bonds. The largest absolute Gasteiger partial charge is 0.495 e. The Labute approximate surface area is 178 Å². The second-order valence-corrected chi connectivity index (χ2v) is 8.25. The van der Waals surface area contributed by atoms with Gasteiger partial charge in [0.25, 0.3) is 0 Å². The average molecular weight is 407 g/mol. The molecule has 6 heteroatoms. The number of anilines is 2. The number of ether oxygens (including phenoxy) is 1. The van der Waals surface area contributed by atoms with Gasteiger partial charge in [-0.25, -0.2) is 10.2 Å². The lowest BCUT2D eigenvalue weighted by Gasteiger charge is -2.46. The number of amides is 2. The number of fused-ring (bicyclic) bond motifs is 1. The number of carbonyl (C=O) groups is 1. The van der Waals surface area contributed by atoms with Gasteiger partial charge in [0.1, 0.15) is 5.75 Å². The van der Waals surface area contributed by atoms with Gasteiger partial charge in [-0.15, -0.1) is 0 Å². The highest BCUT2D eigenvalue weighted by Crippen LogP contribution is 2.40. The number of urea groups is 1. The molecular weight excluding hydrogens is 376 g/mol. The molecule has 0 unspecified atom stereocenters. The maximum absolute atomic E-state index is 12.1. The van der Waals surface area contributed by atoms with E-state index in [1.807, 2.05) is 18.2 Å². The van der Waals surface area contributed by atoms with Gasteiger partial charge in [-0.05, 0) is 70.0 Å². The third kappa shape index (κ3) is 4.48. The van der Waals surface area contributed by atoms with Crippen LogP contribution in [0.25, 0.3) is 5.57 Å². The maximum atomic E-state index is 12.1. The monoisotopic (exact) mass is 406 g/mol. The topological polar surface area (TPSA) is 66.0 Å². The van der Waals surface area contributed by atoms with Gasteiger partial charge in [0.05, 0.1) is 24.6 Å². The summed E-state index contributed by atoms with van der Waals surface area (Å²) in [4.78, 5) is 14.6. The summed E-state index contributed by atoms with van der Waals surface area (Å²) in [5.74, 6) is 0.589. The molecule has 30 heavy (non-hydrogen) atoms. The number of hydrogen-bond acceptors (Lipinski definition) is 4. The van der Waals surface area contributed by atoms with Gasteiger partial charge in [-0.2, -0.15) is 5.10 Å². The molecule has 1 aliphatic rings. The zero-order valence-electron chi connectivity index (χ0n) is 18.5. The summed E-state index contributed by atoms with van der Waals surface area (Å²) in [6, 6.07) is 13.4. The predicted molar refractivity (Wildman–Crippen MR) is 125 cm³/mol. The quantitative estimate of drug-likeness (QED) is 0.526. The van der Waals surface area contributed by atoms with E-state index in [1.54, 1.807) is 25.5 Å². The number of rotatable bonds is 5. The number of allylic oxidation sites excluding steroid dienone is 1. The van der Waals surface area contributed by atoms with Crippen LogP contribution in [0.3, 0.4) is 0 Å². The van der Waals surface area contributed by atoms with Crippen LogP contribution in [-0.2, 0) is 0 Å². The van der Waals surface area contributed by atoms with E-state index in [9.17, 15) is 4.79 Å². The number of benzene rings is 2. The van der Waals surface area contributed by atoms with E-state index in [2.05, 4.69) is 73.6 Å². The Bertz CT molecular complexity index is 992. The van der Waals surface area contributed by atoms with Gasteiger partial charge in [0.2, 0.25) is 0 Å². The Morgan fingerprint density at radius 1 is 1.20 bits per heavy atom. The molecule has 2 aromatic carbocycles. The highest BCUT2D eigenvalue weighted by Gasteiger charge is 2.32. The first kappa shape index (κ1) is 21.4. The molecule has 0 fully saturated rings. The smallest absolute Gasteiger partial charge is 0.339 e. The molecule has 6 nitrogen and oxygen atoms in total. The van der Waals surface area contributed by atoms with Crippen molar-refractivity contribution in [3.63, 3.8) is 0 Å². The molecule has 0 aromatic heterocycles. The molecule has 0 spiro atoms. The highest BCUT2D eigenvalue weighted by molar-refractivity contribution is 5.92. The van der Waals surface area contributed by atoms with Crippen molar-refractivity contribution >= 4 is 29.2 Å². The van der Waals surface area contributed by atoms with E-state index in [1.165, 1.54) is 16.8 Å². The molecule has 1 aliphatic heterocycles. The third-order valence-corrected chi connectivity index (χ3v) is 5.15. The highest BCUT2D eigenvalue weighted by atomic mass is 16.5. The second kappa shape index (κ2) is 8.61. The molecule has 0 saturated carbocycles. The summed E-state index contributed by atoms with van der Waals surface area (Å²) in [6.07, 6.45) is 3.95. The van der Waals surface area contributed by atoms with Crippen LogP contribution >= 0.6 is 0 Å². The van der Waals surface area contributed by atoms with Crippen molar-refractivity contribution in [3.05, 3.63) is 59.7 Å². The van der Waals surface area contributed by atoms with Crippen LogP contribution in [0, 0.1) is 0 Å². The van der Waals surface area contributed by atoms with Gasteiger partial charge in [0.15, 0.2) is 0 Å². The Kier molecular flexibility index (Phi) is 6.15. The molecule has 0 bridgehead atoms. The minimum Gasteiger partial charge on any atom is -0.495 e. The zero-order chi connectivity index (χ0) is 21.9. The SMILES string of the molecule is COc1ccccc1NC(=O)N/N=C/c1ccc2c(c1)C(C)=CC(C)(C)N2C(C)C. The van der Waals surface area contributed by atoms with Gasteiger partial charge in [0, 0.05) is 17.3 Å². The molecule has 0 atom stereocenters. The van der Waals surface area contributed by atoms with Crippen LogP contribution in [0.15, 0.2) is 53.6 Å². The Morgan fingerprint density at radius 2 is 1.93 bits per heavy atom. The van der Waals surface area contributed by atoms with E-state index in [0.717, 1.165) is 5.56 Å². The molecular formula is C24H30N4O2. The molecule has 0 saturated heterocycles. The van der Waals surface area contributed by atoms with Crippen molar-refractivity contribution in [2.75, 3.05) is 17.3 Å². The first-order chi connectivity index (χ1) is 14.2. The summed E-state index contributed by atoms with van der Waals surface area (Å²) in [6.45, 7) is 11.0. The summed E-state index contributed by atoms with van der Waals surface area (Å²) in [7, 11) is 1.56. The van der Waals surface area contributed by atoms with Crippen LogP contribution in [0.4, 0.5) is 16.2 Å². The number of hydrazone groups is 1. The molecule has 3 rings (SSSR count). The van der Waals surface area contributed by atoms with Gasteiger partial charge < -0.3 is 15.0 Å². The van der Waals surface area contributed by atoms with E-state index in [4.69, 9.17) is 4.74 Å². The van der Waals surface area contributed by atoms with Crippen molar-refractivity contribution in [2.45, 2.75) is 46.2 Å². The van der Waals surface area contributed by atoms with Gasteiger partial charge in [-0.3, -0.25) is 0 Å². The van der Waals surface area contributed by atoms with Crippen LogP contribution < -0.4 is 20.4 Å². The van der Waals surface area contributed by atoms with Gasteiger partial charge >= 0.3 is 6.03 Å². The van der Waals surface area contributed by atoms with E-state index in [0.29, 0.717) is 17.5 Å². The maximum Gasteiger partial charge on any atom is 0.339 e. The number of nitrogens with one attached hydrogen (secondary N) is 2. The number of hydrogen-bond donors (Lipinski definition) is 2. The Morgan fingerprint density at radius 3 is 2.63 bits per heavy atom. The van der Waals surface area contributed by atoms with Crippen LogP contribution in [-0.4, -0.2) is 30.9 Å². The molecule has 0 radical (unpaired) electrons. The van der Waals surface area contributed by atoms with Crippen LogP contribution in [0.2, 0.25) is 0 Å². The lowest BCUT2D eigenvalue weighted by Crippen LogP contribution is -2.49. The summed E-state index contributed by atoms with van der Waals surface area (Å²) in [5, 5.41) is 6.82. The molecule has 158 valence electrons. The normalized spacial score (nSPS) is 15.0. The predicted octanol–water partition coefficient (Wildman–Crippen LogP) is 5.26. The molecule has 2 aromatic rings. The lowest BCUT2D eigenvalue weighted by molar-refractivity contribution is 0.252. The lowest BCUT2D eigenvalue weighted by atomic mass is 9.87. The summed E-state index contributed by atoms with van der Waals surface area (Å²) < 4.78 is 5.23. The molecule has 0 aliphatic carbocycles. The second-order valence-electron chi connectivity index (χ2n) is 8.25. The fourth-order valence-electron chi connectivity index (χ4n) is 4.15. The first-order valence-corrected chi connectivity index (χ1v) is 10.1. The van der Waals surface area contributed by atoms with Crippen molar-refractivity contribution in [1.29, 1.82) is 0 Å². The zero-order valence-corrected chi connectivity index (χ0v) is 18.5. The Hall–Kier alpha value is -3.28. The fraction of sp³-hybridized carbons (Fsp3) is 0.333. The van der Waals surface area contributed by atoms with E-state index >= 15 is 0 Å². The van der Waals surface area contributed by atoms with Crippen molar-refractivity contribution in [2.24, 2.45) is 5.10 Å². The standard InChI is InChI=1S/C24H30N4O2/c1-16(2)28-21-12-11-18(13-19(21)17(3)14-24(28,4)5)15-25-27-23(29)26-20-9-7-8-10-22(20)30-6/h7-16H,1-6H3,(H2,26,27,29)/b25-15+. The third-order valence-electron chi connectivity index (χ3n) is 5.15. The molecule has 2 N–H and O–H groups in total. The minimum absolute atomic E-state index is 0.0427.